The third-order valence-electron chi connectivity index (χ3n) is 3.86. The van der Waals surface area contributed by atoms with Crippen LogP contribution >= 0.6 is 24.0 Å². The maximum Gasteiger partial charge on any atom is 0.225 e. The summed E-state index contributed by atoms with van der Waals surface area (Å²) in [4.78, 5) is 16.1. The van der Waals surface area contributed by atoms with Gasteiger partial charge in [-0.15, -0.1) is 24.0 Å². The average molecular weight is 430 g/mol. The molecular weight excluding hydrogens is 403 g/mol. The van der Waals surface area contributed by atoms with Gasteiger partial charge in [0.15, 0.2) is 5.96 Å². The Labute approximate surface area is 155 Å². The number of anilines is 1. The van der Waals surface area contributed by atoms with Crippen molar-refractivity contribution in [2.75, 3.05) is 25.5 Å². The molecule has 1 heterocycles. The molecule has 0 aliphatic carbocycles. The topological polar surface area (TPSA) is 65.5 Å². The number of nitrogens with zero attached hydrogens (tertiary/aromatic N) is 1. The van der Waals surface area contributed by atoms with Crippen molar-refractivity contribution in [2.45, 2.75) is 32.6 Å². The lowest BCUT2D eigenvalue weighted by molar-refractivity contribution is -0.116. The Balaban J connectivity index is 0.00000264. The smallest absolute Gasteiger partial charge is 0.225 e. The molecule has 0 saturated carbocycles. The highest BCUT2D eigenvalue weighted by Crippen LogP contribution is 2.31. The Morgan fingerprint density at radius 2 is 2.09 bits per heavy atom. The van der Waals surface area contributed by atoms with Crippen molar-refractivity contribution >= 4 is 41.5 Å². The summed E-state index contributed by atoms with van der Waals surface area (Å²) in [6.07, 6.45) is 1.61. The monoisotopic (exact) mass is 430 g/mol. The Morgan fingerprint density at radius 3 is 2.78 bits per heavy atom. The summed E-state index contributed by atoms with van der Waals surface area (Å²) in [5, 5.41) is 9.57. The number of aliphatic imine (C=N–C) groups is 1. The predicted molar refractivity (Wildman–Crippen MR) is 107 cm³/mol. The second-order valence-corrected chi connectivity index (χ2v) is 6.10. The van der Waals surface area contributed by atoms with E-state index in [9.17, 15) is 4.79 Å². The van der Waals surface area contributed by atoms with Gasteiger partial charge in [0.1, 0.15) is 0 Å². The van der Waals surface area contributed by atoms with E-state index >= 15 is 0 Å². The second kappa shape index (κ2) is 9.75. The molecule has 5 nitrogen and oxygen atoms in total. The molecule has 1 amide bonds. The van der Waals surface area contributed by atoms with Crippen molar-refractivity contribution in [3.63, 3.8) is 0 Å². The van der Waals surface area contributed by atoms with E-state index in [1.807, 2.05) is 18.2 Å². The number of fused-ring (bicyclic) bond motifs is 1. The third kappa shape index (κ3) is 6.01. The number of halogens is 1. The van der Waals surface area contributed by atoms with Crippen molar-refractivity contribution in [1.82, 2.24) is 10.6 Å². The van der Waals surface area contributed by atoms with Crippen LogP contribution < -0.4 is 16.0 Å². The van der Waals surface area contributed by atoms with Gasteiger partial charge in [0, 0.05) is 38.2 Å². The first-order valence-electron chi connectivity index (χ1n) is 7.93. The molecule has 0 aromatic heterocycles. The Hall–Kier alpha value is -1.31. The van der Waals surface area contributed by atoms with Crippen LogP contribution in [0.25, 0.3) is 0 Å². The summed E-state index contributed by atoms with van der Waals surface area (Å²) in [6, 6.07) is 7.99. The SMILES string of the molecule is CN=C(NCCC(C)C)NCC1CC(=O)Nc2ccccc21.I. The molecular formula is C17H27IN4O. The molecule has 0 saturated heterocycles. The van der Waals surface area contributed by atoms with Gasteiger partial charge in [-0.1, -0.05) is 32.0 Å². The lowest BCUT2D eigenvalue weighted by Gasteiger charge is -2.26. The summed E-state index contributed by atoms with van der Waals surface area (Å²) in [5.41, 5.74) is 2.11. The largest absolute Gasteiger partial charge is 0.356 e. The van der Waals surface area contributed by atoms with Crippen LogP contribution in [-0.2, 0) is 4.79 Å². The van der Waals surface area contributed by atoms with Gasteiger partial charge in [0.05, 0.1) is 0 Å². The molecule has 0 spiro atoms. The van der Waals surface area contributed by atoms with Crippen molar-refractivity contribution in [3.8, 4) is 0 Å². The minimum absolute atomic E-state index is 0. The summed E-state index contributed by atoms with van der Waals surface area (Å²) in [7, 11) is 1.77. The van der Waals surface area contributed by atoms with E-state index in [1.165, 1.54) is 5.56 Å². The molecule has 0 bridgehead atoms. The van der Waals surface area contributed by atoms with Gasteiger partial charge in [-0.25, -0.2) is 0 Å². The van der Waals surface area contributed by atoms with Crippen molar-refractivity contribution in [1.29, 1.82) is 0 Å². The predicted octanol–water partition coefficient (Wildman–Crippen LogP) is 2.94. The van der Waals surface area contributed by atoms with Crippen LogP contribution in [0, 0.1) is 5.92 Å². The van der Waals surface area contributed by atoms with Crippen LogP contribution in [0.2, 0.25) is 0 Å². The lowest BCUT2D eigenvalue weighted by Crippen LogP contribution is -2.41. The highest BCUT2D eigenvalue weighted by atomic mass is 127. The number of para-hydroxylation sites is 1. The molecule has 3 N–H and O–H groups in total. The van der Waals surface area contributed by atoms with Gasteiger partial charge in [-0.2, -0.15) is 0 Å². The van der Waals surface area contributed by atoms with E-state index in [0.717, 1.165) is 24.6 Å². The maximum absolute atomic E-state index is 11.8. The third-order valence-corrected chi connectivity index (χ3v) is 3.86. The zero-order valence-electron chi connectivity index (χ0n) is 14.1. The van der Waals surface area contributed by atoms with Gasteiger partial charge >= 0.3 is 0 Å². The number of carbonyl (C=O) groups excluding carboxylic acids is 1. The van der Waals surface area contributed by atoms with Crippen LogP contribution in [0.4, 0.5) is 5.69 Å². The molecule has 1 aliphatic heterocycles. The van der Waals surface area contributed by atoms with Gasteiger partial charge in [0.2, 0.25) is 5.91 Å². The molecule has 6 heteroatoms. The van der Waals surface area contributed by atoms with Gasteiger partial charge in [0.25, 0.3) is 0 Å². The van der Waals surface area contributed by atoms with E-state index in [1.54, 1.807) is 7.05 Å². The standard InChI is InChI=1S/C17H26N4O.HI/c1-12(2)8-9-19-17(18-3)20-11-13-10-16(22)21-15-7-5-4-6-14(13)15;/h4-7,12-13H,8-11H2,1-3H3,(H,21,22)(H2,18,19,20);1H. The number of guanidine groups is 1. The van der Waals surface area contributed by atoms with E-state index in [-0.39, 0.29) is 35.8 Å². The highest BCUT2D eigenvalue weighted by molar-refractivity contribution is 14.0. The number of rotatable bonds is 5. The molecule has 0 radical (unpaired) electrons. The van der Waals surface area contributed by atoms with Crippen LogP contribution in [0.3, 0.4) is 0 Å². The molecule has 1 atom stereocenters. The molecule has 2 rings (SSSR count). The zero-order chi connectivity index (χ0) is 15.9. The minimum Gasteiger partial charge on any atom is -0.356 e. The number of hydrogen-bond donors (Lipinski definition) is 3. The Bertz CT molecular complexity index is 545. The first kappa shape index (κ1) is 19.7. The lowest BCUT2D eigenvalue weighted by atomic mass is 9.90. The summed E-state index contributed by atoms with van der Waals surface area (Å²) in [6.45, 7) is 6.01. The summed E-state index contributed by atoms with van der Waals surface area (Å²) < 4.78 is 0. The Morgan fingerprint density at radius 1 is 1.35 bits per heavy atom. The fourth-order valence-corrected chi connectivity index (χ4v) is 2.60. The van der Waals surface area contributed by atoms with Crippen molar-refractivity contribution in [2.24, 2.45) is 10.9 Å². The summed E-state index contributed by atoms with van der Waals surface area (Å²) >= 11 is 0. The molecule has 0 fully saturated rings. The highest BCUT2D eigenvalue weighted by Gasteiger charge is 2.24. The average Bonchev–Trinajstić information content (AvgIpc) is 2.49. The van der Waals surface area contributed by atoms with E-state index in [4.69, 9.17) is 0 Å². The van der Waals surface area contributed by atoms with E-state index in [0.29, 0.717) is 18.9 Å². The number of benzene rings is 1. The summed E-state index contributed by atoms with van der Waals surface area (Å²) in [5.74, 6) is 1.71. The second-order valence-electron chi connectivity index (χ2n) is 6.10. The molecule has 1 aromatic rings. The van der Waals surface area contributed by atoms with Gasteiger partial charge in [-0.3, -0.25) is 9.79 Å². The van der Waals surface area contributed by atoms with Gasteiger partial charge < -0.3 is 16.0 Å². The van der Waals surface area contributed by atoms with Crippen LogP contribution in [-0.4, -0.2) is 32.0 Å². The fourth-order valence-electron chi connectivity index (χ4n) is 2.60. The molecule has 23 heavy (non-hydrogen) atoms. The fraction of sp³-hybridized carbons (Fsp3) is 0.529. The van der Waals surface area contributed by atoms with Crippen LogP contribution in [0.15, 0.2) is 29.3 Å². The normalized spacial score (nSPS) is 17.1. The first-order chi connectivity index (χ1) is 10.6. The van der Waals surface area contributed by atoms with E-state index < -0.39 is 0 Å². The molecule has 128 valence electrons. The van der Waals surface area contributed by atoms with Crippen molar-refractivity contribution < 1.29 is 4.79 Å². The van der Waals surface area contributed by atoms with Crippen LogP contribution in [0.5, 0.6) is 0 Å². The maximum atomic E-state index is 11.8. The number of nitrogens with one attached hydrogen (secondary N) is 3. The minimum atomic E-state index is 0. The van der Waals surface area contributed by atoms with E-state index in [2.05, 4.69) is 40.9 Å². The van der Waals surface area contributed by atoms with Crippen molar-refractivity contribution in [3.05, 3.63) is 29.8 Å². The number of hydrogen-bond acceptors (Lipinski definition) is 2. The molecule has 1 aromatic carbocycles. The molecule has 1 unspecified atom stereocenters. The number of amides is 1. The Kier molecular flexibility index (Phi) is 8.36. The van der Waals surface area contributed by atoms with Gasteiger partial charge in [-0.05, 0) is 24.0 Å². The quantitative estimate of drug-likeness (QED) is 0.383. The first-order valence-corrected chi connectivity index (χ1v) is 7.93. The number of carbonyl (C=O) groups is 1. The molecule has 1 aliphatic rings. The van der Waals surface area contributed by atoms with Crippen LogP contribution in [0.1, 0.15) is 38.2 Å². The zero-order valence-corrected chi connectivity index (χ0v) is 16.4.